The molecule has 0 radical (unpaired) electrons. The van der Waals surface area contributed by atoms with Crippen molar-refractivity contribution in [2.24, 2.45) is 11.3 Å². The fourth-order valence-corrected chi connectivity index (χ4v) is 3.02. The summed E-state index contributed by atoms with van der Waals surface area (Å²) in [5.41, 5.74) is -0.138. The van der Waals surface area contributed by atoms with E-state index in [2.05, 4.69) is 12.2 Å². The lowest BCUT2D eigenvalue weighted by Crippen LogP contribution is -2.48. The zero-order valence-electron chi connectivity index (χ0n) is 10.4. The molecule has 2 atom stereocenters. The van der Waals surface area contributed by atoms with Crippen molar-refractivity contribution in [1.82, 2.24) is 5.32 Å². The lowest BCUT2D eigenvalue weighted by atomic mass is 9.66. The summed E-state index contributed by atoms with van der Waals surface area (Å²) in [4.78, 5) is 23.0. The van der Waals surface area contributed by atoms with E-state index in [4.69, 9.17) is 5.11 Å². The van der Waals surface area contributed by atoms with Crippen LogP contribution in [0.15, 0.2) is 0 Å². The second kappa shape index (κ2) is 4.67. The van der Waals surface area contributed by atoms with Gasteiger partial charge in [-0.1, -0.05) is 13.3 Å². The molecule has 2 N–H and O–H groups in total. The minimum Gasteiger partial charge on any atom is -0.481 e. The average molecular weight is 239 g/mol. The molecule has 0 aliphatic heterocycles. The lowest BCUT2D eigenvalue weighted by molar-refractivity contribution is -0.142. The SMILES string of the molecule is CCC1(C(=O)N[C@@H]2CC[C@H](C(=O)O)C2)CCC1. The maximum Gasteiger partial charge on any atom is 0.306 e. The molecule has 96 valence electrons. The number of hydrogen-bond donors (Lipinski definition) is 2. The molecule has 0 aromatic heterocycles. The molecular formula is C13H21NO3. The van der Waals surface area contributed by atoms with Gasteiger partial charge in [0.1, 0.15) is 0 Å². The van der Waals surface area contributed by atoms with Gasteiger partial charge >= 0.3 is 5.97 Å². The molecule has 4 nitrogen and oxygen atoms in total. The normalized spacial score (nSPS) is 30.6. The van der Waals surface area contributed by atoms with Gasteiger partial charge in [-0.05, 0) is 38.5 Å². The summed E-state index contributed by atoms with van der Waals surface area (Å²) >= 11 is 0. The molecule has 0 saturated heterocycles. The molecule has 2 fully saturated rings. The molecule has 0 unspecified atom stereocenters. The Morgan fingerprint density at radius 2 is 2.06 bits per heavy atom. The molecule has 2 aliphatic carbocycles. The average Bonchev–Trinajstić information content (AvgIpc) is 2.65. The van der Waals surface area contributed by atoms with Gasteiger partial charge in [-0.3, -0.25) is 9.59 Å². The van der Waals surface area contributed by atoms with E-state index in [1.807, 2.05) is 0 Å². The first-order chi connectivity index (χ1) is 8.07. The van der Waals surface area contributed by atoms with Gasteiger partial charge in [-0.25, -0.2) is 0 Å². The maximum absolute atomic E-state index is 12.2. The summed E-state index contributed by atoms with van der Waals surface area (Å²) in [6.07, 6.45) is 6.12. The monoisotopic (exact) mass is 239 g/mol. The Kier molecular flexibility index (Phi) is 3.40. The molecule has 0 heterocycles. The van der Waals surface area contributed by atoms with Crippen LogP contribution in [0, 0.1) is 11.3 Å². The number of amides is 1. The van der Waals surface area contributed by atoms with Crippen LogP contribution >= 0.6 is 0 Å². The Hall–Kier alpha value is -1.06. The number of hydrogen-bond acceptors (Lipinski definition) is 2. The van der Waals surface area contributed by atoms with Gasteiger partial charge in [0.2, 0.25) is 5.91 Å². The Morgan fingerprint density at radius 3 is 2.47 bits per heavy atom. The summed E-state index contributed by atoms with van der Waals surface area (Å²) in [6.45, 7) is 2.06. The molecule has 0 bridgehead atoms. The Labute approximate surface area is 102 Å². The second-order valence-corrected chi connectivity index (χ2v) is 5.51. The highest BCUT2D eigenvalue weighted by Crippen LogP contribution is 2.44. The summed E-state index contributed by atoms with van der Waals surface area (Å²) in [7, 11) is 0. The summed E-state index contributed by atoms with van der Waals surface area (Å²) < 4.78 is 0. The van der Waals surface area contributed by atoms with E-state index >= 15 is 0 Å². The van der Waals surface area contributed by atoms with Gasteiger partial charge in [0.15, 0.2) is 0 Å². The number of carboxylic acids is 1. The van der Waals surface area contributed by atoms with Crippen LogP contribution in [0.25, 0.3) is 0 Å². The third kappa shape index (κ3) is 2.31. The number of aliphatic carboxylic acids is 1. The molecule has 2 saturated carbocycles. The van der Waals surface area contributed by atoms with Crippen molar-refractivity contribution in [3.63, 3.8) is 0 Å². The van der Waals surface area contributed by atoms with E-state index < -0.39 is 5.97 Å². The van der Waals surface area contributed by atoms with Crippen molar-refractivity contribution in [2.45, 2.75) is 57.9 Å². The standard InChI is InChI=1S/C13H21NO3/c1-2-13(6-3-7-13)12(17)14-10-5-4-9(8-10)11(15)16/h9-10H,2-8H2,1H3,(H,14,17)(H,15,16)/t9-,10+/m0/s1. The first-order valence-electron chi connectivity index (χ1n) is 6.61. The van der Waals surface area contributed by atoms with Crippen molar-refractivity contribution in [2.75, 3.05) is 0 Å². The van der Waals surface area contributed by atoms with Gasteiger partial charge in [0.25, 0.3) is 0 Å². The summed E-state index contributed by atoms with van der Waals surface area (Å²) in [6, 6.07) is 0.0765. The largest absolute Gasteiger partial charge is 0.481 e. The highest BCUT2D eigenvalue weighted by Gasteiger charge is 2.43. The predicted molar refractivity (Wildman–Crippen MR) is 63.5 cm³/mol. The first kappa shape index (κ1) is 12.4. The van der Waals surface area contributed by atoms with Crippen molar-refractivity contribution >= 4 is 11.9 Å². The highest BCUT2D eigenvalue weighted by atomic mass is 16.4. The number of nitrogens with one attached hydrogen (secondary N) is 1. The molecule has 2 aliphatic rings. The van der Waals surface area contributed by atoms with Crippen molar-refractivity contribution in [3.05, 3.63) is 0 Å². The van der Waals surface area contributed by atoms with Crippen LogP contribution in [0.4, 0.5) is 0 Å². The van der Waals surface area contributed by atoms with Crippen LogP contribution < -0.4 is 5.32 Å². The van der Waals surface area contributed by atoms with Gasteiger partial charge in [0.05, 0.1) is 5.92 Å². The van der Waals surface area contributed by atoms with E-state index in [1.165, 1.54) is 0 Å². The van der Waals surface area contributed by atoms with E-state index in [1.54, 1.807) is 0 Å². The Bertz CT molecular complexity index is 317. The number of rotatable bonds is 4. The van der Waals surface area contributed by atoms with E-state index in [9.17, 15) is 9.59 Å². The van der Waals surface area contributed by atoms with Gasteiger partial charge < -0.3 is 10.4 Å². The molecule has 0 spiro atoms. The van der Waals surface area contributed by atoms with Gasteiger partial charge in [0, 0.05) is 11.5 Å². The fraction of sp³-hybridized carbons (Fsp3) is 0.846. The highest BCUT2D eigenvalue weighted by molar-refractivity contribution is 5.83. The first-order valence-corrected chi connectivity index (χ1v) is 6.61. The van der Waals surface area contributed by atoms with E-state index in [-0.39, 0.29) is 23.3 Å². The third-order valence-electron chi connectivity index (χ3n) is 4.59. The molecule has 1 amide bonds. The van der Waals surface area contributed by atoms with Crippen molar-refractivity contribution in [1.29, 1.82) is 0 Å². The van der Waals surface area contributed by atoms with E-state index in [0.29, 0.717) is 12.8 Å². The van der Waals surface area contributed by atoms with Crippen LogP contribution in [0.5, 0.6) is 0 Å². The predicted octanol–water partition coefficient (Wildman–Crippen LogP) is 1.94. The zero-order valence-corrected chi connectivity index (χ0v) is 10.4. The van der Waals surface area contributed by atoms with Crippen molar-refractivity contribution in [3.8, 4) is 0 Å². The van der Waals surface area contributed by atoms with Crippen LogP contribution in [-0.4, -0.2) is 23.0 Å². The number of carboxylic acid groups (broad SMARTS) is 1. The van der Waals surface area contributed by atoms with Gasteiger partial charge in [-0.2, -0.15) is 0 Å². The number of carbonyl (C=O) groups excluding carboxylic acids is 1. The van der Waals surface area contributed by atoms with Gasteiger partial charge in [-0.15, -0.1) is 0 Å². The summed E-state index contributed by atoms with van der Waals surface area (Å²) in [5.74, 6) is -0.836. The quantitative estimate of drug-likeness (QED) is 0.787. The van der Waals surface area contributed by atoms with Crippen LogP contribution in [0.1, 0.15) is 51.9 Å². The third-order valence-corrected chi connectivity index (χ3v) is 4.59. The minimum atomic E-state index is -0.726. The van der Waals surface area contributed by atoms with Crippen LogP contribution in [0.3, 0.4) is 0 Å². The fourth-order valence-electron chi connectivity index (χ4n) is 3.02. The Balaban J connectivity index is 1.86. The topological polar surface area (TPSA) is 66.4 Å². The molecule has 2 rings (SSSR count). The maximum atomic E-state index is 12.2. The zero-order chi connectivity index (χ0) is 12.5. The smallest absolute Gasteiger partial charge is 0.306 e. The molecule has 17 heavy (non-hydrogen) atoms. The summed E-state index contributed by atoms with van der Waals surface area (Å²) in [5, 5.41) is 12.0. The molecule has 0 aromatic carbocycles. The van der Waals surface area contributed by atoms with Crippen LogP contribution in [-0.2, 0) is 9.59 Å². The van der Waals surface area contributed by atoms with E-state index in [0.717, 1.165) is 32.1 Å². The van der Waals surface area contributed by atoms with Crippen LogP contribution in [0.2, 0.25) is 0 Å². The van der Waals surface area contributed by atoms with Crippen molar-refractivity contribution < 1.29 is 14.7 Å². The molecule has 0 aromatic rings. The Morgan fingerprint density at radius 1 is 1.35 bits per heavy atom. The second-order valence-electron chi connectivity index (χ2n) is 5.51. The number of carbonyl (C=O) groups is 2. The molecule has 4 heteroatoms. The molecular weight excluding hydrogens is 218 g/mol. The lowest BCUT2D eigenvalue weighted by Gasteiger charge is -2.40. The minimum absolute atomic E-state index is 0.0765.